The number of methoxy groups -OCH3 is 2. The van der Waals surface area contributed by atoms with Gasteiger partial charge in [0.15, 0.2) is 6.04 Å². The average molecular weight is 565 g/mol. The zero-order valence-corrected chi connectivity index (χ0v) is 23.8. The molecule has 1 unspecified atom stereocenters. The summed E-state index contributed by atoms with van der Waals surface area (Å²) >= 11 is 0. The molecule has 0 spiro atoms. The summed E-state index contributed by atoms with van der Waals surface area (Å²) in [5.41, 5.74) is 0.329. The Bertz CT molecular complexity index is 1490. The third-order valence-corrected chi connectivity index (χ3v) is 11.1. The van der Waals surface area contributed by atoms with Crippen LogP contribution in [0.4, 0.5) is 5.69 Å². The molecule has 0 heterocycles. The van der Waals surface area contributed by atoms with E-state index >= 15 is 0 Å². The quantitative estimate of drug-likeness (QED) is 0.175. The van der Waals surface area contributed by atoms with Crippen LogP contribution in [-0.2, 0) is 19.1 Å². The standard InChI is InChI=1S/C33H29N2O5P/c1-24(36)35(29-22-14-13-15-25(29)23-34)30(32(37)39-2)31(33(38)40-3)41(26-16-7-4-8-17-26,27-18-9-5-10-19-27)28-20-11-6-12-21-28/h4-22,30H,1-3H3/b33-31+. The molecular formula is C33H29N2O5P. The van der Waals surface area contributed by atoms with Crippen LogP contribution in [-0.4, -0.2) is 32.1 Å². The van der Waals surface area contributed by atoms with Gasteiger partial charge in [0.05, 0.1) is 24.3 Å². The summed E-state index contributed by atoms with van der Waals surface area (Å²) in [4.78, 5) is 28.6. The number of nitrogens with zero attached hydrogens (tertiary/aromatic N) is 2. The lowest BCUT2D eigenvalue weighted by Gasteiger charge is -2.38. The van der Waals surface area contributed by atoms with E-state index in [2.05, 4.69) is 6.07 Å². The second-order valence-electron chi connectivity index (χ2n) is 9.00. The summed E-state index contributed by atoms with van der Waals surface area (Å²) in [6.45, 7) is 1.28. The van der Waals surface area contributed by atoms with Crippen LogP contribution in [0.25, 0.3) is 0 Å². The Morgan fingerprint density at radius 1 is 0.756 bits per heavy atom. The molecule has 0 radical (unpaired) electrons. The highest BCUT2D eigenvalue weighted by Crippen LogP contribution is 2.65. The lowest BCUT2D eigenvalue weighted by molar-refractivity contribution is -0.354. The number of para-hydroxylation sites is 1. The molecule has 41 heavy (non-hydrogen) atoms. The Balaban J connectivity index is 2.24. The van der Waals surface area contributed by atoms with Crippen LogP contribution in [0.1, 0.15) is 12.5 Å². The van der Waals surface area contributed by atoms with Gasteiger partial charge in [0, 0.05) is 6.92 Å². The average Bonchev–Trinajstić information content (AvgIpc) is 3.03. The van der Waals surface area contributed by atoms with E-state index in [0.717, 1.165) is 15.9 Å². The number of amides is 1. The molecule has 1 atom stereocenters. The summed E-state index contributed by atoms with van der Waals surface area (Å²) in [7, 11) is -0.788. The lowest BCUT2D eigenvalue weighted by atomic mass is 10.1. The monoisotopic (exact) mass is 564 g/mol. The molecule has 0 aliphatic carbocycles. The zero-order chi connectivity index (χ0) is 29.4. The Morgan fingerprint density at radius 3 is 1.59 bits per heavy atom. The van der Waals surface area contributed by atoms with Crippen LogP contribution in [0.15, 0.2) is 127 Å². The van der Waals surface area contributed by atoms with Gasteiger partial charge in [-0.05, 0) is 55.6 Å². The van der Waals surface area contributed by atoms with Crippen molar-refractivity contribution in [2.75, 3.05) is 19.1 Å². The highest BCUT2D eigenvalue weighted by molar-refractivity contribution is 7.99. The number of hydrogen-bond acceptors (Lipinski definition) is 6. The zero-order valence-electron chi connectivity index (χ0n) is 22.9. The minimum absolute atomic E-state index is 0.0402. The van der Waals surface area contributed by atoms with E-state index in [1.54, 1.807) is 24.3 Å². The van der Waals surface area contributed by atoms with E-state index in [4.69, 9.17) is 9.47 Å². The number of carbonyl (C=O) groups is 2. The normalized spacial score (nSPS) is 12.3. The van der Waals surface area contributed by atoms with Crippen molar-refractivity contribution in [2.45, 2.75) is 13.0 Å². The fraction of sp³-hybridized carbons (Fsp3) is 0.121. The van der Waals surface area contributed by atoms with Crippen LogP contribution < -0.4 is 25.9 Å². The molecule has 0 bridgehead atoms. The van der Waals surface area contributed by atoms with Crippen LogP contribution in [0.5, 0.6) is 0 Å². The molecule has 4 aromatic carbocycles. The third-order valence-electron chi connectivity index (χ3n) is 6.75. The van der Waals surface area contributed by atoms with Crippen LogP contribution in [0.3, 0.4) is 0 Å². The second kappa shape index (κ2) is 13.0. The molecule has 0 aliphatic heterocycles. The maximum absolute atomic E-state index is 14.2. The van der Waals surface area contributed by atoms with Crippen molar-refractivity contribution in [3.05, 3.63) is 132 Å². The van der Waals surface area contributed by atoms with Crippen LogP contribution >= 0.6 is 7.26 Å². The Labute approximate surface area is 240 Å². The molecule has 206 valence electrons. The van der Waals surface area contributed by atoms with E-state index in [1.807, 2.05) is 91.0 Å². The van der Waals surface area contributed by atoms with Gasteiger partial charge in [-0.3, -0.25) is 9.69 Å². The summed E-state index contributed by atoms with van der Waals surface area (Å²) in [6, 6.07) is 35.2. The van der Waals surface area contributed by atoms with Crippen molar-refractivity contribution < 1.29 is 24.2 Å². The van der Waals surface area contributed by atoms with Gasteiger partial charge in [0.25, 0.3) is 0 Å². The van der Waals surface area contributed by atoms with Crippen LogP contribution in [0.2, 0.25) is 0 Å². The van der Waals surface area contributed by atoms with E-state index < -0.39 is 31.1 Å². The van der Waals surface area contributed by atoms with Gasteiger partial charge in [-0.25, -0.2) is 4.79 Å². The molecule has 1 amide bonds. The van der Waals surface area contributed by atoms with Crippen molar-refractivity contribution in [1.29, 1.82) is 5.26 Å². The topological polar surface area (TPSA) is 103 Å². The summed E-state index contributed by atoms with van der Waals surface area (Å²) in [5, 5.41) is 26.5. The van der Waals surface area contributed by atoms with Crippen molar-refractivity contribution >= 4 is 40.7 Å². The third kappa shape index (κ3) is 5.43. The minimum Gasteiger partial charge on any atom is -0.614 e. The fourth-order valence-electron chi connectivity index (χ4n) is 5.08. The van der Waals surface area contributed by atoms with Crippen molar-refractivity contribution in [3.8, 4) is 6.07 Å². The summed E-state index contributed by atoms with van der Waals surface area (Å²) in [5.74, 6) is -2.18. The van der Waals surface area contributed by atoms with Gasteiger partial charge in [-0.15, -0.1) is 0 Å². The van der Waals surface area contributed by atoms with Gasteiger partial charge in [-0.1, -0.05) is 66.7 Å². The first-order valence-electron chi connectivity index (χ1n) is 12.8. The SMILES string of the molecule is COC(=O)C(/C(=C(/[O-])OC)[P+](c1ccccc1)(c1ccccc1)c1ccccc1)N(C(C)=O)c1ccccc1C#N. The Kier molecular flexibility index (Phi) is 9.19. The van der Waals surface area contributed by atoms with Crippen molar-refractivity contribution in [1.82, 2.24) is 0 Å². The number of nitriles is 1. The smallest absolute Gasteiger partial charge is 0.337 e. The molecule has 0 aliphatic rings. The molecule has 8 heteroatoms. The number of hydrogen-bond donors (Lipinski definition) is 0. The summed E-state index contributed by atoms with van der Waals surface area (Å²) < 4.78 is 10.7. The first kappa shape index (κ1) is 29.1. The van der Waals surface area contributed by atoms with E-state index in [-0.39, 0.29) is 16.6 Å². The minimum atomic E-state index is -3.23. The molecule has 7 nitrogen and oxygen atoms in total. The molecule has 0 N–H and O–H groups in total. The van der Waals surface area contributed by atoms with Gasteiger partial charge in [0.2, 0.25) is 5.91 Å². The molecular weight excluding hydrogens is 535 g/mol. The van der Waals surface area contributed by atoms with Gasteiger partial charge < -0.3 is 14.6 Å². The Morgan fingerprint density at radius 2 is 1.20 bits per heavy atom. The predicted molar refractivity (Wildman–Crippen MR) is 159 cm³/mol. The molecule has 0 fully saturated rings. The maximum atomic E-state index is 14.2. The predicted octanol–water partition coefficient (Wildman–Crippen LogP) is 3.62. The van der Waals surface area contributed by atoms with Crippen molar-refractivity contribution in [3.63, 3.8) is 0 Å². The van der Waals surface area contributed by atoms with Crippen molar-refractivity contribution in [2.24, 2.45) is 0 Å². The Hall–Kier alpha value is -4.92. The largest absolute Gasteiger partial charge is 0.614 e. The lowest BCUT2D eigenvalue weighted by Crippen LogP contribution is -2.51. The molecule has 4 aromatic rings. The number of rotatable bonds is 9. The number of anilines is 1. The number of carbonyl (C=O) groups excluding carboxylic acids is 2. The van der Waals surface area contributed by atoms with E-state index in [9.17, 15) is 20.0 Å². The van der Waals surface area contributed by atoms with Crippen LogP contribution in [0, 0.1) is 11.3 Å². The molecule has 4 rings (SSSR count). The molecule has 0 saturated heterocycles. The highest BCUT2D eigenvalue weighted by Gasteiger charge is 2.57. The molecule has 0 saturated carbocycles. The fourth-order valence-corrected chi connectivity index (χ4v) is 9.62. The maximum Gasteiger partial charge on any atom is 0.337 e. The number of benzene rings is 4. The van der Waals surface area contributed by atoms with E-state index in [0.29, 0.717) is 0 Å². The first-order valence-corrected chi connectivity index (χ1v) is 14.6. The number of ether oxygens (including phenoxy) is 2. The van der Waals surface area contributed by atoms with Gasteiger partial charge >= 0.3 is 5.97 Å². The van der Waals surface area contributed by atoms with Gasteiger partial charge in [0.1, 0.15) is 34.6 Å². The summed E-state index contributed by atoms with van der Waals surface area (Å²) in [6.07, 6.45) is 0. The first-order chi connectivity index (χ1) is 19.9. The molecule has 0 aromatic heterocycles. The highest BCUT2D eigenvalue weighted by atomic mass is 31.2. The van der Waals surface area contributed by atoms with E-state index in [1.165, 1.54) is 26.0 Å². The second-order valence-corrected chi connectivity index (χ2v) is 12.4. The number of esters is 1. The van der Waals surface area contributed by atoms with Gasteiger partial charge in [-0.2, -0.15) is 5.26 Å².